The molecule has 0 unspecified atom stereocenters. The van der Waals surface area contributed by atoms with Crippen molar-refractivity contribution >= 4 is 27.5 Å². The van der Waals surface area contributed by atoms with Gasteiger partial charge >= 0.3 is 0 Å². The lowest BCUT2D eigenvalue weighted by molar-refractivity contribution is -0.117. The molecule has 1 heterocycles. The lowest BCUT2D eigenvalue weighted by Gasteiger charge is -2.06. The number of aryl methyl sites for hydroxylation is 2. The molecule has 3 aromatic rings. The molecule has 0 bridgehead atoms. The summed E-state index contributed by atoms with van der Waals surface area (Å²) in [4.78, 5) is 17.0. The summed E-state index contributed by atoms with van der Waals surface area (Å²) in [5.74, 6) is -1.66. The van der Waals surface area contributed by atoms with E-state index in [-0.39, 0.29) is 17.8 Å². The molecule has 0 aliphatic rings. The Balaban J connectivity index is 1.99. The molecule has 4 nitrogen and oxygen atoms in total. The standard InChI is InChI=1S/C21H22F2N2O2S/c1-4-27-8-7-25-20-17(23)11-16(22)12-18(20)28-21(25)24-19(26)10-15-6-5-13(2)14(3)9-15/h5-6,9,11-12H,4,7-8,10H2,1-3H3. The highest BCUT2D eigenvalue weighted by molar-refractivity contribution is 7.16. The number of hydrogen-bond acceptors (Lipinski definition) is 3. The van der Waals surface area contributed by atoms with Crippen LogP contribution in [0, 0.1) is 25.5 Å². The molecule has 148 valence electrons. The van der Waals surface area contributed by atoms with Crippen molar-refractivity contribution in [2.75, 3.05) is 13.2 Å². The third-order valence-corrected chi connectivity index (χ3v) is 5.53. The van der Waals surface area contributed by atoms with Gasteiger partial charge in [0.25, 0.3) is 5.91 Å². The minimum atomic E-state index is -0.675. The highest BCUT2D eigenvalue weighted by Crippen LogP contribution is 2.22. The maximum atomic E-state index is 14.4. The number of benzene rings is 2. The first-order valence-electron chi connectivity index (χ1n) is 9.09. The quantitative estimate of drug-likeness (QED) is 0.575. The molecule has 1 aromatic heterocycles. The van der Waals surface area contributed by atoms with Crippen LogP contribution in [0.25, 0.3) is 10.2 Å². The second-order valence-electron chi connectivity index (χ2n) is 6.57. The zero-order chi connectivity index (χ0) is 20.3. The minimum absolute atomic E-state index is 0.150. The average Bonchev–Trinajstić information content (AvgIpc) is 2.95. The van der Waals surface area contributed by atoms with Gasteiger partial charge in [-0.25, -0.2) is 8.78 Å². The smallest absolute Gasteiger partial charge is 0.252 e. The molecule has 0 saturated carbocycles. The Labute approximate surface area is 166 Å². The Bertz CT molecular complexity index is 1090. The van der Waals surface area contributed by atoms with E-state index < -0.39 is 11.6 Å². The monoisotopic (exact) mass is 404 g/mol. The fourth-order valence-electron chi connectivity index (χ4n) is 2.96. The van der Waals surface area contributed by atoms with Gasteiger partial charge in [0.15, 0.2) is 10.6 Å². The first-order valence-corrected chi connectivity index (χ1v) is 9.90. The van der Waals surface area contributed by atoms with Crippen molar-refractivity contribution in [1.29, 1.82) is 0 Å². The summed E-state index contributed by atoms with van der Waals surface area (Å²) in [5, 5.41) is 0. The van der Waals surface area contributed by atoms with Crippen LogP contribution >= 0.6 is 11.3 Å². The molecule has 0 saturated heterocycles. The van der Waals surface area contributed by atoms with Crippen molar-refractivity contribution in [3.63, 3.8) is 0 Å². The number of ether oxygens (including phenoxy) is 1. The Hall–Kier alpha value is -2.38. The Morgan fingerprint density at radius 1 is 1.18 bits per heavy atom. The molecule has 0 aliphatic carbocycles. The van der Waals surface area contributed by atoms with Crippen LogP contribution in [-0.2, 0) is 22.5 Å². The summed E-state index contributed by atoms with van der Waals surface area (Å²) in [6, 6.07) is 7.93. The highest BCUT2D eigenvalue weighted by atomic mass is 32.1. The predicted molar refractivity (Wildman–Crippen MR) is 106 cm³/mol. The zero-order valence-corrected chi connectivity index (χ0v) is 16.9. The molecule has 1 amide bonds. The molecule has 0 atom stereocenters. The predicted octanol–water partition coefficient (Wildman–Crippen LogP) is 4.30. The van der Waals surface area contributed by atoms with E-state index in [9.17, 15) is 13.6 Å². The normalized spacial score (nSPS) is 12.1. The number of carbonyl (C=O) groups is 1. The molecule has 3 rings (SSSR count). The number of halogens is 2. The van der Waals surface area contributed by atoms with Crippen LogP contribution in [-0.4, -0.2) is 23.7 Å². The molecular weight excluding hydrogens is 382 g/mol. The maximum Gasteiger partial charge on any atom is 0.252 e. The highest BCUT2D eigenvalue weighted by Gasteiger charge is 2.14. The zero-order valence-electron chi connectivity index (χ0n) is 16.1. The van der Waals surface area contributed by atoms with Crippen LogP contribution in [0.3, 0.4) is 0 Å². The van der Waals surface area contributed by atoms with Crippen molar-refractivity contribution in [3.05, 3.63) is 63.5 Å². The molecule has 0 N–H and O–H groups in total. The number of aromatic nitrogens is 1. The van der Waals surface area contributed by atoms with Crippen molar-refractivity contribution in [2.24, 2.45) is 4.99 Å². The number of thiazole rings is 1. The van der Waals surface area contributed by atoms with Gasteiger partial charge in [-0.05, 0) is 43.5 Å². The topological polar surface area (TPSA) is 43.6 Å². The summed E-state index contributed by atoms with van der Waals surface area (Å²) >= 11 is 1.09. The van der Waals surface area contributed by atoms with Gasteiger partial charge < -0.3 is 9.30 Å². The third kappa shape index (κ3) is 4.54. The van der Waals surface area contributed by atoms with E-state index in [1.807, 2.05) is 39.0 Å². The van der Waals surface area contributed by atoms with Crippen molar-refractivity contribution in [1.82, 2.24) is 4.57 Å². The van der Waals surface area contributed by atoms with Crippen LogP contribution < -0.4 is 4.80 Å². The van der Waals surface area contributed by atoms with Crippen molar-refractivity contribution in [2.45, 2.75) is 33.7 Å². The van der Waals surface area contributed by atoms with E-state index in [0.717, 1.165) is 34.1 Å². The molecule has 28 heavy (non-hydrogen) atoms. The first-order chi connectivity index (χ1) is 13.4. The van der Waals surface area contributed by atoms with E-state index in [4.69, 9.17) is 4.74 Å². The summed E-state index contributed by atoms with van der Waals surface area (Å²) < 4.78 is 35.3. The fraction of sp³-hybridized carbons (Fsp3) is 0.333. The Morgan fingerprint density at radius 3 is 2.68 bits per heavy atom. The molecule has 2 aromatic carbocycles. The van der Waals surface area contributed by atoms with Gasteiger partial charge in [0.1, 0.15) is 5.82 Å². The second kappa shape index (κ2) is 8.75. The van der Waals surface area contributed by atoms with Crippen LogP contribution in [0.5, 0.6) is 0 Å². The lowest BCUT2D eigenvalue weighted by Crippen LogP contribution is -2.20. The molecule has 0 radical (unpaired) electrons. The van der Waals surface area contributed by atoms with Gasteiger partial charge in [-0.2, -0.15) is 4.99 Å². The van der Waals surface area contributed by atoms with Crippen LogP contribution in [0.1, 0.15) is 23.6 Å². The molecule has 0 spiro atoms. The lowest BCUT2D eigenvalue weighted by atomic mass is 10.0. The number of nitrogens with zero attached hydrogens (tertiary/aromatic N) is 2. The van der Waals surface area contributed by atoms with Gasteiger partial charge in [0, 0.05) is 19.2 Å². The minimum Gasteiger partial charge on any atom is -0.380 e. The Kier molecular flexibility index (Phi) is 6.36. The largest absolute Gasteiger partial charge is 0.380 e. The third-order valence-electron chi connectivity index (χ3n) is 4.51. The van der Waals surface area contributed by atoms with E-state index >= 15 is 0 Å². The number of amides is 1. The number of hydrogen-bond donors (Lipinski definition) is 0. The molecule has 0 fully saturated rings. The van der Waals surface area contributed by atoms with Crippen LogP contribution in [0.2, 0.25) is 0 Å². The van der Waals surface area contributed by atoms with Gasteiger partial charge in [0.05, 0.1) is 23.2 Å². The SMILES string of the molecule is CCOCCn1c(=NC(=O)Cc2ccc(C)c(C)c2)sc2cc(F)cc(F)c21. The van der Waals surface area contributed by atoms with E-state index in [1.54, 1.807) is 4.57 Å². The summed E-state index contributed by atoms with van der Waals surface area (Å²) in [6.07, 6.45) is 0.150. The van der Waals surface area contributed by atoms with Crippen molar-refractivity contribution < 1.29 is 18.3 Å². The summed E-state index contributed by atoms with van der Waals surface area (Å²) in [7, 11) is 0. The average molecular weight is 404 g/mol. The Morgan fingerprint density at radius 2 is 1.96 bits per heavy atom. The van der Waals surface area contributed by atoms with Crippen LogP contribution in [0.15, 0.2) is 35.3 Å². The first kappa shape index (κ1) is 20.4. The van der Waals surface area contributed by atoms with E-state index in [0.29, 0.717) is 29.3 Å². The van der Waals surface area contributed by atoms with Gasteiger partial charge in [0.2, 0.25) is 0 Å². The fourth-order valence-corrected chi connectivity index (χ4v) is 4.07. The summed E-state index contributed by atoms with van der Waals surface area (Å²) in [6.45, 7) is 7.06. The number of carbonyl (C=O) groups excluding carboxylic acids is 1. The number of rotatable bonds is 6. The molecule has 0 aliphatic heterocycles. The van der Waals surface area contributed by atoms with E-state index in [1.165, 1.54) is 6.07 Å². The van der Waals surface area contributed by atoms with Crippen molar-refractivity contribution in [3.8, 4) is 0 Å². The van der Waals surface area contributed by atoms with E-state index in [2.05, 4.69) is 4.99 Å². The van der Waals surface area contributed by atoms with Gasteiger partial charge in [-0.1, -0.05) is 29.5 Å². The van der Waals surface area contributed by atoms with Gasteiger partial charge in [-0.15, -0.1) is 0 Å². The van der Waals surface area contributed by atoms with Gasteiger partial charge in [-0.3, -0.25) is 4.79 Å². The maximum absolute atomic E-state index is 14.4. The summed E-state index contributed by atoms with van der Waals surface area (Å²) in [5.41, 5.74) is 3.38. The molecule has 7 heteroatoms. The number of fused-ring (bicyclic) bond motifs is 1. The van der Waals surface area contributed by atoms with Crippen LogP contribution in [0.4, 0.5) is 8.78 Å². The molecular formula is C21H22F2N2O2S. The second-order valence-corrected chi connectivity index (χ2v) is 7.58.